The number of rotatable bonds is 5. The first kappa shape index (κ1) is 16.5. The molecule has 0 fully saturated rings. The molecule has 1 aliphatic heterocycles. The normalized spacial score (nSPS) is 18.8. The largest absolute Gasteiger partial charge is 0.504 e. The Hall–Kier alpha value is -2.36. The molecule has 2 aromatic rings. The SMILES string of the molecule is CCCc1cc(OC)c2c(c1)C(C)C(c1ccc(O)c(OC)c1)O2. The van der Waals surface area contributed by atoms with Gasteiger partial charge in [0.2, 0.25) is 0 Å². The van der Waals surface area contributed by atoms with Gasteiger partial charge in [-0.05, 0) is 35.7 Å². The minimum Gasteiger partial charge on any atom is -0.504 e. The Bertz CT molecular complexity index is 739. The Morgan fingerprint density at radius 3 is 2.50 bits per heavy atom. The average molecular weight is 328 g/mol. The maximum Gasteiger partial charge on any atom is 0.165 e. The highest BCUT2D eigenvalue weighted by Crippen LogP contribution is 2.51. The third-order valence-electron chi connectivity index (χ3n) is 4.62. The first-order valence-electron chi connectivity index (χ1n) is 8.33. The van der Waals surface area contributed by atoms with Crippen LogP contribution in [0, 0.1) is 0 Å². The molecule has 2 atom stereocenters. The topological polar surface area (TPSA) is 47.9 Å². The van der Waals surface area contributed by atoms with Crippen LogP contribution in [0.25, 0.3) is 0 Å². The van der Waals surface area contributed by atoms with Gasteiger partial charge in [0.1, 0.15) is 6.10 Å². The Morgan fingerprint density at radius 2 is 1.83 bits per heavy atom. The van der Waals surface area contributed by atoms with Gasteiger partial charge in [0.25, 0.3) is 0 Å². The van der Waals surface area contributed by atoms with Crippen molar-refractivity contribution in [2.24, 2.45) is 0 Å². The molecule has 1 heterocycles. The molecule has 0 radical (unpaired) electrons. The number of aryl methyl sites for hydroxylation is 1. The maximum atomic E-state index is 9.81. The summed E-state index contributed by atoms with van der Waals surface area (Å²) in [5.74, 6) is 2.39. The van der Waals surface area contributed by atoms with Crippen LogP contribution in [0.1, 0.15) is 49.0 Å². The van der Waals surface area contributed by atoms with Crippen molar-refractivity contribution in [1.82, 2.24) is 0 Å². The average Bonchev–Trinajstić information content (AvgIpc) is 2.92. The van der Waals surface area contributed by atoms with Crippen molar-refractivity contribution in [1.29, 1.82) is 0 Å². The third-order valence-corrected chi connectivity index (χ3v) is 4.62. The van der Waals surface area contributed by atoms with Gasteiger partial charge in [-0.1, -0.05) is 32.4 Å². The van der Waals surface area contributed by atoms with Crippen molar-refractivity contribution in [2.75, 3.05) is 14.2 Å². The van der Waals surface area contributed by atoms with Crippen molar-refractivity contribution in [3.05, 3.63) is 47.0 Å². The predicted molar refractivity (Wildman–Crippen MR) is 93.4 cm³/mol. The van der Waals surface area contributed by atoms with Gasteiger partial charge in [-0.3, -0.25) is 0 Å². The van der Waals surface area contributed by atoms with Gasteiger partial charge in [0, 0.05) is 11.5 Å². The van der Waals surface area contributed by atoms with Crippen LogP contribution in [0.5, 0.6) is 23.0 Å². The van der Waals surface area contributed by atoms with Crippen LogP contribution < -0.4 is 14.2 Å². The zero-order valence-corrected chi connectivity index (χ0v) is 14.6. The summed E-state index contributed by atoms with van der Waals surface area (Å²) < 4.78 is 17.0. The van der Waals surface area contributed by atoms with E-state index in [1.54, 1.807) is 20.3 Å². The number of hydrogen-bond donors (Lipinski definition) is 1. The van der Waals surface area contributed by atoms with Gasteiger partial charge in [-0.25, -0.2) is 0 Å². The van der Waals surface area contributed by atoms with E-state index < -0.39 is 0 Å². The zero-order chi connectivity index (χ0) is 17.3. The smallest absolute Gasteiger partial charge is 0.165 e. The van der Waals surface area contributed by atoms with Crippen LogP contribution in [0.4, 0.5) is 0 Å². The van der Waals surface area contributed by atoms with Crippen LogP contribution in [-0.2, 0) is 6.42 Å². The molecule has 128 valence electrons. The Labute approximate surface area is 143 Å². The first-order valence-corrected chi connectivity index (χ1v) is 8.33. The fourth-order valence-electron chi connectivity index (χ4n) is 3.35. The van der Waals surface area contributed by atoms with E-state index in [0.29, 0.717) is 5.75 Å². The van der Waals surface area contributed by atoms with Crippen molar-refractivity contribution in [3.63, 3.8) is 0 Å². The molecule has 1 aliphatic rings. The molecule has 0 aliphatic carbocycles. The molecule has 0 aromatic heterocycles. The van der Waals surface area contributed by atoms with E-state index in [2.05, 4.69) is 26.0 Å². The molecule has 2 aromatic carbocycles. The minimum absolute atomic E-state index is 0.125. The van der Waals surface area contributed by atoms with E-state index in [9.17, 15) is 5.11 Å². The summed E-state index contributed by atoms with van der Waals surface area (Å²) in [6, 6.07) is 9.65. The molecule has 4 nitrogen and oxygen atoms in total. The van der Waals surface area contributed by atoms with Crippen LogP contribution in [0.2, 0.25) is 0 Å². The van der Waals surface area contributed by atoms with E-state index in [-0.39, 0.29) is 17.8 Å². The van der Waals surface area contributed by atoms with Gasteiger partial charge < -0.3 is 19.3 Å². The van der Waals surface area contributed by atoms with Gasteiger partial charge in [-0.2, -0.15) is 0 Å². The summed E-state index contributed by atoms with van der Waals surface area (Å²) in [4.78, 5) is 0. The number of ether oxygens (including phenoxy) is 3. The molecule has 4 heteroatoms. The lowest BCUT2D eigenvalue weighted by Gasteiger charge is -2.17. The molecule has 3 rings (SSSR count). The fraction of sp³-hybridized carbons (Fsp3) is 0.400. The van der Waals surface area contributed by atoms with Gasteiger partial charge in [0.15, 0.2) is 23.0 Å². The van der Waals surface area contributed by atoms with E-state index in [1.165, 1.54) is 11.1 Å². The molecule has 0 amide bonds. The highest BCUT2D eigenvalue weighted by Gasteiger charge is 2.35. The first-order chi connectivity index (χ1) is 11.6. The highest BCUT2D eigenvalue weighted by atomic mass is 16.5. The number of hydrogen-bond acceptors (Lipinski definition) is 4. The van der Waals surface area contributed by atoms with Crippen LogP contribution in [-0.4, -0.2) is 19.3 Å². The predicted octanol–water partition coefficient (Wildman–Crippen LogP) is 4.60. The molecule has 0 spiro atoms. The van der Waals surface area contributed by atoms with Crippen LogP contribution >= 0.6 is 0 Å². The second-order valence-electron chi connectivity index (χ2n) is 6.22. The maximum absolute atomic E-state index is 9.81. The number of methoxy groups -OCH3 is 2. The summed E-state index contributed by atoms with van der Waals surface area (Å²) in [5.41, 5.74) is 3.43. The van der Waals surface area contributed by atoms with E-state index in [1.807, 2.05) is 12.1 Å². The van der Waals surface area contributed by atoms with Crippen molar-refractivity contribution < 1.29 is 19.3 Å². The summed E-state index contributed by atoms with van der Waals surface area (Å²) in [7, 11) is 3.23. The zero-order valence-electron chi connectivity index (χ0n) is 14.6. The molecule has 1 N–H and O–H groups in total. The minimum atomic E-state index is -0.125. The van der Waals surface area contributed by atoms with Gasteiger partial charge >= 0.3 is 0 Å². The standard InChI is InChI=1S/C20H24O4/c1-5-6-13-9-15-12(2)19(24-20(15)18(10-13)23-4)14-7-8-16(21)17(11-14)22-3/h7-12,19,21H,5-6H2,1-4H3. The molecular weight excluding hydrogens is 304 g/mol. The summed E-state index contributed by atoms with van der Waals surface area (Å²) in [6.07, 6.45) is 1.99. The van der Waals surface area contributed by atoms with E-state index >= 15 is 0 Å². The molecule has 2 unspecified atom stereocenters. The van der Waals surface area contributed by atoms with Crippen LogP contribution in [0.3, 0.4) is 0 Å². The number of phenolic OH excluding ortho intramolecular Hbond substituents is 1. The quantitative estimate of drug-likeness (QED) is 0.871. The van der Waals surface area contributed by atoms with E-state index in [4.69, 9.17) is 14.2 Å². The highest BCUT2D eigenvalue weighted by molar-refractivity contribution is 5.55. The Balaban J connectivity index is 1.99. The van der Waals surface area contributed by atoms with Crippen molar-refractivity contribution >= 4 is 0 Å². The Morgan fingerprint density at radius 1 is 1.08 bits per heavy atom. The summed E-state index contributed by atoms with van der Waals surface area (Å²) in [6.45, 7) is 4.33. The lowest BCUT2D eigenvalue weighted by atomic mass is 9.91. The lowest BCUT2D eigenvalue weighted by molar-refractivity contribution is 0.207. The van der Waals surface area contributed by atoms with Crippen molar-refractivity contribution in [3.8, 4) is 23.0 Å². The molecule has 0 saturated carbocycles. The third kappa shape index (κ3) is 2.77. The molecular formula is C20H24O4. The molecule has 24 heavy (non-hydrogen) atoms. The second-order valence-corrected chi connectivity index (χ2v) is 6.22. The number of fused-ring (bicyclic) bond motifs is 1. The van der Waals surface area contributed by atoms with Gasteiger partial charge in [0.05, 0.1) is 14.2 Å². The van der Waals surface area contributed by atoms with Crippen molar-refractivity contribution in [2.45, 2.75) is 38.7 Å². The molecule has 0 bridgehead atoms. The van der Waals surface area contributed by atoms with Crippen LogP contribution in [0.15, 0.2) is 30.3 Å². The number of benzene rings is 2. The molecule has 0 saturated heterocycles. The lowest BCUT2D eigenvalue weighted by Crippen LogP contribution is -2.07. The van der Waals surface area contributed by atoms with E-state index in [0.717, 1.165) is 29.9 Å². The second kappa shape index (κ2) is 6.63. The number of phenols is 1. The summed E-state index contributed by atoms with van der Waals surface area (Å²) >= 11 is 0. The van der Waals surface area contributed by atoms with Gasteiger partial charge in [-0.15, -0.1) is 0 Å². The Kier molecular flexibility index (Phi) is 4.56. The number of aromatic hydroxyl groups is 1. The monoisotopic (exact) mass is 328 g/mol. The summed E-state index contributed by atoms with van der Waals surface area (Å²) in [5, 5.41) is 9.81. The fourth-order valence-corrected chi connectivity index (χ4v) is 3.35.